The van der Waals surface area contributed by atoms with E-state index in [0.717, 1.165) is 21.9 Å². The van der Waals surface area contributed by atoms with Crippen LogP contribution in [0.15, 0.2) is 76.6 Å². The minimum atomic E-state index is -0.463. The topological polar surface area (TPSA) is 135 Å². The van der Waals surface area contributed by atoms with Gasteiger partial charge in [-0.25, -0.2) is 4.79 Å². The Morgan fingerprint density at radius 2 is 1.66 bits per heavy atom. The zero-order valence-electron chi connectivity index (χ0n) is 26.4. The van der Waals surface area contributed by atoms with Crippen molar-refractivity contribution in [1.29, 1.82) is 0 Å². The summed E-state index contributed by atoms with van der Waals surface area (Å²) in [6.45, 7) is 1.75. The number of imide groups is 1. The average molecular weight is 751 g/mol. The van der Waals surface area contributed by atoms with Gasteiger partial charge in [0.1, 0.15) is 5.75 Å². The third-order valence-electron chi connectivity index (χ3n) is 10.2. The zero-order chi connectivity index (χ0) is 34.8. The van der Waals surface area contributed by atoms with Gasteiger partial charge in [0, 0.05) is 21.7 Å². The van der Waals surface area contributed by atoms with Gasteiger partial charge in [0.05, 0.1) is 44.8 Å². The molecule has 8 rings (SSSR count). The number of esters is 1. The summed E-state index contributed by atoms with van der Waals surface area (Å²) in [4.78, 5) is 70.5. The lowest BCUT2D eigenvalue weighted by Crippen LogP contribution is -2.42. The molecule has 3 amide bonds. The van der Waals surface area contributed by atoms with Crippen molar-refractivity contribution >= 4 is 81.4 Å². The number of ether oxygens (including phenoxy) is 2. The highest BCUT2D eigenvalue weighted by molar-refractivity contribution is 8.00. The van der Waals surface area contributed by atoms with Gasteiger partial charge in [0.25, 0.3) is 5.91 Å². The summed E-state index contributed by atoms with van der Waals surface area (Å²) >= 11 is 14.8. The number of aromatic amines is 1. The lowest BCUT2D eigenvalue weighted by molar-refractivity contribution is -0.123. The Kier molecular flexibility index (Phi) is 8.53. The number of H-pyrrole nitrogens is 1. The number of carbonyl (C=O) groups excluding carboxylic acids is 4. The maximum absolute atomic E-state index is 14.1. The molecule has 3 fully saturated rings. The number of amides is 3. The monoisotopic (exact) mass is 749 g/mol. The lowest BCUT2D eigenvalue weighted by atomic mass is 9.68. The first-order valence-electron chi connectivity index (χ1n) is 16.1. The van der Waals surface area contributed by atoms with Crippen molar-refractivity contribution in [1.82, 2.24) is 4.98 Å². The van der Waals surface area contributed by atoms with Gasteiger partial charge < -0.3 is 19.8 Å². The molecule has 50 heavy (non-hydrogen) atoms. The first kappa shape index (κ1) is 33.1. The minimum Gasteiger partial charge on any atom is -0.484 e. The van der Waals surface area contributed by atoms with Crippen LogP contribution >= 0.6 is 46.3 Å². The third-order valence-corrected chi connectivity index (χ3v) is 13.5. The van der Waals surface area contributed by atoms with Gasteiger partial charge in [0.15, 0.2) is 6.61 Å². The van der Waals surface area contributed by atoms with Crippen LogP contribution in [0.1, 0.15) is 40.1 Å². The second kappa shape index (κ2) is 12.9. The highest BCUT2D eigenvalue weighted by Gasteiger charge is 2.69. The summed E-state index contributed by atoms with van der Waals surface area (Å²) in [5.74, 6) is -1.88. The van der Waals surface area contributed by atoms with Gasteiger partial charge in [0.2, 0.25) is 11.8 Å². The van der Waals surface area contributed by atoms with Crippen LogP contribution in [0.3, 0.4) is 0 Å². The first-order valence-corrected chi connectivity index (χ1v) is 18.6. The summed E-state index contributed by atoms with van der Waals surface area (Å²) in [5.41, 5.74) is 2.26. The SMILES string of the molecule is CCOC(=O)c1ccc(N2C(=O)C3C4CC(C3C2=O)C2C4Sc3[nH]c(=O)sc3[C@@H]2c2ccc(OCC(=O)Nc3ccc(Cl)c(Cl)c3)cc2)cc1. The number of benzene rings is 3. The van der Waals surface area contributed by atoms with E-state index in [-0.39, 0.29) is 64.7 Å². The Balaban J connectivity index is 1.03. The number of hydrogen-bond acceptors (Lipinski definition) is 9. The fourth-order valence-electron chi connectivity index (χ4n) is 8.30. The van der Waals surface area contributed by atoms with Crippen LogP contribution in [-0.2, 0) is 19.1 Å². The zero-order valence-corrected chi connectivity index (χ0v) is 29.5. The standard InChI is InChI=1S/C36H29Cl2N3O7S2/c1-2-47-35(45)17-3-8-19(9-4-17)41-33(43)28-21-14-22(29(28)34(41)44)30-27(21)26(31-32(49-30)40-36(46)50-31)16-5-10-20(11-6-16)48-15-25(42)39-18-7-12-23(37)24(38)13-18/h3-13,21-22,26-30H,2,14-15H2,1H3,(H,39,42)(H,40,46)/t21?,22?,26-,27?,28?,29?,30?/m1/s1. The van der Waals surface area contributed by atoms with E-state index in [1.807, 2.05) is 12.1 Å². The number of carbonyl (C=O) groups is 4. The molecule has 1 saturated heterocycles. The van der Waals surface area contributed by atoms with Crippen molar-refractivity contribution < 1.29 is 28.7 Å². The van der Waals surface area contributed by atoms with E-state index in [0.29, 0.717) is 32.7 Å². The molecule has 7 atom stereocenters. The van der Waals surface area contributed by atoms with Gasteiger partial charge in [-0.15, -0.1) is 11.8 Å². The highest BCUT2D eigenvalue weighted by atomic mass is 35.5. The maximum Gasteiger partial charge on any atom is 0.338 e. The van der Waals surface area contributed by atoms with Gasteiger partial charge >= 0.3 is 10.8 Å². The Morgan fingerprint density at radius 1 is 0.940 bits per heavy atom. The number of thioether (sulfide) groups is 1. The van der Waals surface area contributed by atoms with Crippen LogP contribution in [0, 0.1) is 29.6 Å². The highest BCUT2D eigenvalue weighted by Crippen LogP contribution is 2.68. The smallest absolute Gasteiger partial charge is 0.338 e. The van der Waals surface area contributed by atoms with Crippen molar-refractivity contribution in [3.8, 4) is 5.75 Å². The number of hydrogen-bond donors (Lipinski definition) is 2. The summed E-state index contributed by atoms with van der Waals surface area (Å²) in [6.07, 6.45) is 0.760. The van der Waals surface area contributed by atoms with Crippen LogP contribution < -0.4 is 19.8 Å². The van der Waals surface area contributed by atoms with Gasteiger partial charge in [-0.1, -0.05) is 46.7 Å². The normalized spacial score (nSPS) is 26.0. The predicted octanol–water partition coefficient (Wildman–Crippen LogP) is 6.62. The summed E-state index contributed by atoms with van der Waals surface area (Å²) in [7, 11) is 0. The number of halogens is 2. The Bertz CT molecular complexity index is 2100. The van der Waals surface area contributed by atoms with E-state index in [1.54, 1.807) is 73.3 Å². The molecule has 0 spiro atoms. The lowest BCUT2D eigenvalue weighted by Gasteiger charge is -2.43. The van der Waals surface area contributed by atoms with Crippen LogP contribution in [0.2, 0.25) is 10.0 Å². The van der Waals surface area contributed by atoms with Crippen LogP contribution in [0.4, 0.5) is 11.4 Å². The Morgan fingerprint density at radius 3 is 2.36 bits per heavy atom. The minimum absolute atomic E-state index is 0.0248. The molecule has 2 saturated carbocycles. The second-order valence-electron chi connectivity index (χ2n) is 12.8. The maximum atomic E-state index is 14.1. The molecule has 3 aromatic carbocycles. The second-order valence-corrected chi connectivity index (χ2v) is 15.8. The molecule has 2 N–H and O–H groups in total. The molecule has 2 bridgehead atoms. The number of aromatic nitrogens is 1. The van der Waals surface area contributed by atoms with Crippen molar-refractivity contribution in [3.05, 3.63) is 102 Å². The molecular weight excluding hydrogens is 721 g/mol. The predicted molar refractivity (Wildman–Crippen MR) is 190 cm³/mol. The Hall–Kier alpha value is -4.10. The fraction of sp³-hybridized carbons (Fsp3) is 0.306. The van der Waals surface area contributed by atoms with Gasteiger partial charge in [-0.2, -0.15) is 0 Å². The number of anilines is 2. The number of rotatable bonds is 8. The molecule has 6 unspecified atom stereocenters. The van der Waals surface area contributed by atoms with E-state index in [9.17, 15) is 24.0 Å². The number of nitrogens with zero attached hydrogens (tertiary/aromatic N) is 1. The van der Waals surface area contributed by atoms with E-state index >= 15 is 0 Å². The fourth-order valence-corrected chi connectivity index (χ4v) is 11.5. The van der Waals surface area contributed by atoms with Crippen LogP contribution in [0.25, 0.3) is 0 Å². The summed E-state index contributed by atoms with van der Waals surface area (Å²) < 4.78 is 10.8. The first-order chi connectivity index (χ1) is 24.1. The molecule has 14 heteroatoms. The Labute approximate surface area is 304 Å². The molecule has 1 aromatic heterocycles. The van der Waals surface area contributed by atoms with Crippen molar-refractivity contribution in [3.63, 3.8) is 0 Å². The largest absolute Gasteiger partial charge is 0.484 e. The number of thiazole rings is 1. The van der Waals surface area contributed by atoms with E-state index in [2.05, 4.69) is 10.3 Å². The van der Waals surface area contributed by atoms with Crippen LogP contribution in [0.5, 0.6) is 5.75 Å². The van der Waals surface area contributed by atoms with E-state index in [4.69, 9.17) is 32.7 Å². The number of fused-ring (bicyclic) bond motifs is 9. The van der Waals surface area contributed by atoms with Crippen molar-refractivity contribution in [2.24, 2.45) is 29.6 Å². The molecule has 10 nitrogen and oxygen atoms in total. The van der Waals surface area contributed by atoms with E-state index < -0.39 is 17.8 Å². The van der Waals surface area contributed by atoms with Gasteiger partial charge in [-0.05, 0) is 91.3 Å². The molecule has 256 valence electrons. The van der Waals surface area contributed by atoms with Gasteiger partial charge in [-0.3, -0.25) is 24.1 Å². The molecule has 0 radical (unpaired) electrons. The third kappa shape index (κ3) is 5.53. The van der Waals surface area contributed by atoms with E-state index in [1.165, 1.54) is 16.2 Å². The molecular formula is C36H29Cl2N3O7S2. The van der Waals surface area contributed by atoms with Crippen molar-refractivity contribution in [2.45, 2.75) is 29.5 Å². The quantitative estimate of drug-likeness (QED) is 0.152. The molecule has 2 aliphatic heterocycles. The summed E-state index contributed by atoms with van der Waals surface area (Å²) in [6, 6.07) is 18.7. The molecule has 3 heterocycles. The molecule has 2 aliphatic carbocycles. The molecule has 4 aromatic rings. The molecule has 4 aliphatic rings. The summed E-state index contributed by atoms with van der Waals surface area (Å²) in [5, 5.41) is 4.30. The number of nitrogens with one attached hydrogen (secondary N) is 2. The average Bonchev–Trinajstić information content (AvgIpc) is 3.84. The van der Waals surface area contributed by atoms with Crippen LogP contribution in [-0.4, -0.2) is 47.1 Å². The van der Waals surface area contributed by atoms with Crippen molar-refractivity contribution in [2.75, 3.05) is 23.4 Å².